The van der Waals surface area contributed by atoms with Crippen molar-refractivity contribution in [3.05, 3.63) is 0 Å². The van der Waals surface area contributed by atoms with Crippen molar-refractivity contribution in [2.45, 2.75) is 58.5 Å². The number of carbonyl (C=O) groups excluding carboxylic acids is 1. The van der Waals surface area contributed by atoms with Crippen LogP contribution in [-0.2, 0) is 14.3 Å². The molecule has 1 N–H and O–H groups in total. The molecule has 4 nitrogen and oxygen atoms in total. The van der Waals surface area contributed by atoms with Crippen molar-refractivity contribution in [3.8, 4) is 0 Å². The second-order valence-electron chi connectivity index (χ2n) is 3.86. The average Bonchev–Trinajstić information content (AvgIpc) is 2.14. The Morgan fingerprint density at radius 1 is 1.27 bits per heavy atom. The molecule has 0 bridgehead atoms. The maximum Gasteiger partial charge on any atom is 0.347 e. The van der Waals surface area contributed by atoms with Gasteiger partial charge in [0.2, 0.25) is 5.60 Å². The minimum absolute atomic E-state index is 0.273. The lowest BCUT2D eigenvalue weighted by molar-refractivity contribution is -0.177. The lowest BCUT2D eigenvalue weighted by Gasteiger charge is -2.24. The Morgan fingerprint density at radius 3 is 2.27 bits per heavy atom. The summed E-state index contributed by atoms with van der Waals surface area (Å²) in [7, 11) is 0. The smallest absolute Gasteiger partial charge is 0.347 e. The molecule has 0 heterocycles. The van der Waals surface area contributed by atoms with E-state index >= 15 is 0 Å². The number of rotatable bonds is 7. The first-order valence-corrected chi connectivity index (χ1v) is 5.41. The number of carboxylic acids is 1. The fraction of sp³-hybridized carbons (Fsp3) is 0.818. The Hall–Kier alpha value is -1.06. The highest BCUT2D eigenvalue weighted by atomic mass is 16.6. The molecule has 0 aromatic carbocycles. The van der Waals surface area contributed by atoms with E-state index in [9.17, 15) is 9.59 Å². The molecule has 0 aliphatic heterocycles. The van der Waals surface area contributed by atoms with Crippen LogP contribution in [-0.4, -0.2) is 22.6 Å². The van der Waals surface area contributed by atoms with Crippen molar-refractivity contribution >= 4 is 11.9 Å². The minimum atomic E-state index is -1.36. The highest BCUT2D eigenvalue weighted by molar-refractivity contribution is 5.81. The zero-order valence-electron chi connectivity index (χ0n) is 9.71. The Labute approximate surface area is 90.6 Å². The van der Waals surface area contributed by atoms with E-state index in [1.807, 2.05) is 13.8 Å². The van der Waals surface area contributed by atoms with Gasteiger partial charge in [0.1, 0.15) is 0 Å². The first kappa shape index (κ1) is 13.9. The van der Waals surface area contributed by atoms with E-state index in [-0.39, 0.29) is 6.42 Å². The quantitative estimate of drug-likeness (QED) is 0.663. The number of hydrogen-bond acceptors (Lipinski definition) is 3. The van der Waals surface area contributed by atoms with E-state index in [2.05, 4.69) is 0 Å². The normalized spacial score (nSPS) is 14.3. The predicted octanol–water partition coefficient (Wildman–Crippen LogP) is 2.36. The average molecular weight is 216 g/mol. The van der Waals surface area contributed by atoms with Crippen LogP contribution in [0.4, 0.5) is 0 Å². The van der Waals surface area contributed by atoms with Gasteiger partial charge in [-0.1, -0.05) is 20.3 Å². The van der Waals surface area contributed by atoms with Crippen molar-refractivity contribution in [2.75, 3.05) is 0 Å². The lowest BCUT2D eigenvalue weighted by atomic mass is 9.99. The molecule has 0 aliphatic carbocycles. The van der Waals surface area contributed by atoms with Gasteiger partial charge in [0.05, 0.1) is 0 Å². The van der Waals surface area contributed by atoms with Gasteiger partial charge in [0.25, 0.3) is 0 Å². The fourth-order valence-corrected chi connectivity index (χ4v) is 1.22. The number of unbranched alkanes of at least 4 members (excludes halogenated alkanes) is 1. The maximum absolute atomic E-state index is 11.2. The molecule has 88 valence electrons. The third kappa shape index (κ3) is 4.81. The maximum atomic E-state index is 11.2. The van der Waals surface area contributed by atoms with E-state index in [1.165, 1.54) is 6.92 Å². The lowest BCUT2D eigenvalue weighted by Crippen LogP contribution is -2.40. The van der Waals surface area contributed by atoms with Gasteiger partial charge >= 0.3 is 11.9 Å². The van der Waals surface area contributed by atoms with Gasteiger partial charge in [-0.2, -0.15) is 0 Å². The molecule has 0 spiro atoms. The summed E-state index contributed by atoms with van der Waals surface area (Å²) in [6.45, 7) is 5.28. The van der Waals surface area contributed by atoms with Crippen LogP contribution in [0.5, 0.6) is 0 Å². The SMILES string of the molecule is CCCC[C@](C)(OC(=O)CCC)C(=O)O. The van der Waals surface area contributed by atoms with Crippen LogP contribution in [0.25, 0.3) is 0 Å². The van der Waals surface area contributed by atoms with Gasteiger partial charge in [0.15, 0.2) is 0 Å². The van der Waals surface area contributed by atoms with Gasteiger partial charge in [0, 0.05) is 6.42 Å². The van der Waals surface area contributed by atoms with Crippen LogP contribution in [0.15, 0.2) is 0 Å². The minimum Gasteiger partial charge on any atom is -0.478 e. The summed E-state index contributed by atoms with van der Waals surface area (Å²) >= 11 is 0. The first-order valence-electron chi connectivity index (χ1n) is 5.41. The molecular formula is C11H20O4. The van der Waals surface area contributed by atoms with Crippen molar-refractivity contribution in [1.29, 1.82) is 0 Å². The Kier molecular flexibility index (Phi) is 5.97. The standard InChI is InChI=1S/C11H20O4/c1-4-6-8-11(3,10(13)14)15-9(12)7-5-2/h4-8H2,1-3H3,(H,13,14)/t11-/m0/s1. The zero-order valence-corrected chi connectivity index (χ0v) is 9.71. The molecule has 1 atom stereocenters. The second kappa shape index (κ2) is 6.43. The summed E-state index contributed by atoms with van der Waals surface area (Å²) < 4.78 is 5.00. The number of carbonyl (C=O) groups is 2. The topological polar surface area (TPSA) is 63.6 Å². The molecular weight excluding hydrogens is 196 g/mol. The molecule has 0 unspecified atom stereocenters. The van der Waals surface area contributed by atoms with Crippen molar-refractivity contribution < 1.29 is 19.4 Å². The van der Waals surface area contributed by atoms with Crippen LogP contribution in [0, 0.1) is 0 Å². The van der Waals surface area contributed by atoms with Crippen molar-refractivity contribution in [2.24, 2.45) is 0 Å². The van der Waals surface area contributed by atoms with E-state index in [1.54, 1.807) is 0 Å². The van der Waals surface area contributed by atoms with Gasteiger partial charge in [-0.05, 0) is 26.2 Å². The first-order chi connectivity index (χ1) is 6.96. The highest BCUT2D eigenvalue weighted by Gasteiger charge is 2.36. The highest BCUT2D eigenvalue weighted by Crippen LogP contribution is 2.20. The van der Waals surface area contributed by atoms with Crippen LogP contribution in [0.1, 0.15) is 52.9 Å². The molecule has 0 amide bonds. The number of carboxylic acid groups (broad SMARTS) is 1. The van der Waals surface area contributed by atoms with E-state index in [0.29, 0.717) is 12.8 Å². The summed E-state index contributed by atoms with van der Waals surface area (Å²) in [6, 6.07) is 0. The number of esters is 1. The molecule has 15 heavy (non-hydrogen) atoms. The third-order valence-corrected chi connectivity index (χ3v) is 2.25. The van der Waals surface area contributed by atoms with Crippen molar-refractivity contribution in [1.82, 2.24) is 0 Å². The molecule has 0 saturated carbocycles. The van der Waals surface area contributed by atoms with E-state index in [0.717, 1.165) is 12.8 Å². The van der Waals surface area contributed by atoms with E-state index < -0.39 is 17.5 Å². The predicted molar refractivity (Wildman–Crippen MR) is 56.6 cm³/mol. The summed E-state index contributed by atoms with van der Waals surface area (Å²) in [5, 5.41) is 9.00. The van der Waals surface area contributed by atoms with Gasteiger partial charge < -0.3 is 9.84 Å². The van der Waals surface area contributed by atoms with Crippen LogP contribution in [0.3, 0.4) is 0 Å². The Morgan fingerprint density at radius 2 is 1.87 bits per heavy atom. The molecule has 0 aromatic heterocycles. The Bertz CT molecular complexity index is 225. The zero-order chi connectivity index (χ0) is 11.9. The molecule has 0 radical (unpaired) electrons. The molecule has 0 fully saturated rings. The van der Waals surface area contributed by atoms with E-state index in [4.69, 9.17) is 9.84 Å². The molecule has 0 aliphatic rings. The number of hydrogen-bond donors (Lipinski definition) is 1. The molecule has 0 rings (SSSR count). The summed E-state index contributed by atoms with van der Waals surface area (Å²) in [6.07, 6.45) is 2.93. The van der Waals surface area contributed by atoms with Gasteiger partial charge in [-0.15, -0.1) is 0 Å². The summed E-state index contributed by atoms with van der Waals surface area (Å²) in [5.41, 5.74) is -1.36. The fourth-order valence-electron chi connectivity index (χ4n) is 1.22. The molecule has 4 heteroatoms. The number of ether oxygens (including phenoxy) is 1. The monoisotopic (exact) mass is 216 g/mol. The van der Waals surface area contributed by atoms with Gasteiger partial charge in [-0.25, -0.2) is 4.79 Å². The Balaban J connectivity index is 4.37. The van der Waals surface area contributed by atoms with Gasteiger partial charge in [-0.3, -0.25) is 4.79 Å². The summed E-state index contributed by atoms with van der Waals surface area (Å²) in [5.74, 6) is -1.50. The van der Waals surface area contributed by atoms with Crippen LogP contribution < -0.4 is 0 Å². The number of aliphatic carboxylic acids is 1. The molecule has 0 aromatic rings. The second-order valence-corrected chi connectivity index (χ2v) is 3.86. The summed E-state index contributed by atoms with van der Waals surface area (Å²) in [4.78, 5) is 22.2. The van der Waals surface area contributed by atoms with Crippen LogP contribution >= 0.6 is 0 Å². The van der Waals surface area contributed by atoms with Crippen molar-refractivity contribution in [3.63, 3.8) is 0 Å². The largest absolute Gasteiger partial charge is 0.478 e. The third-order valence-electron chi connectivity index (χ3n) is 2.25. The van der Waals surface area contributed by atoms with Crippen LogP contribution in [0.2, 0.25) is 0 Å². The molecule has 0 saturated heterocycles.